The molecule has 1 saturated carbocycles. The summed E-state index contributed by atoms with van der Waals surface area (Å²) < 4.78 is 5.35. The molecule has 112 valence electrons. The number of likely N-dealkylation sites (N-methyl/N-ethyl adjacent to an activating group) is 2. The molecule has 1 aromatic carbocycles. The monoisotopic (exact) mass is 276 g/mol. The van der Waals surface area contributed by atoms with Crippen LogP contribution in [0.4, 0.5) is 0 Å². The molecule has 0 aromatic heterocycles. The second-order valence-corrected chi connectivity index (χ2v) is 5.68. The summed E-state index contributed by atoms with van der Waals surface area (Å²) in [5, 5.41) is 3.61. The molecule has 1 fully saturated rings. The average molecular weight is 276 g/mol. The Kier molecular flexibility index (Phi) is 5.86. The Morgan fingerprint density at radius 3 is 2.75 bits per heavy atom. The summed E-state index contributed by atoms with van der Waals surface area (Å²) in [5.41, 5.74) is 1.32. The van der Waals surface area contributed by atoms with Crippen molar-refractivity contribution in [2.75, 3.05) is 33.3 Å². The molecule has 1 N–H and O–H groups in total. The Labute approximate surface area is 123 Å². The van der Waals surface area contributed by atoms with Crippen LogP contribution in [-0.2, 0) is 0 Å². The number of ether oxygens (including phenoxy) is 1. The van der Waals surface area contributed by atoms with Crippen LogP contribution in [0.2, 0.25) is 0 Å². The normalized spacial score (nSPS) is 16.4. The third kappa shape index (κ3) is 4.50. The maximum Gasteiger partial charge on any atom is 0.119 e. The highest BCUT2D eigenvalue weighted by Crippen LogP contribution is 2.30. The summed E-state index contributed by atoms with van der Waals surface area (Å²) in [7, 11) is 1.73. The van der Waals surface area contributed by atoms with Crippen LogP contribution in [0, 0.1) is 5.92 Å². The van der Waals surface area contributed by atoms with Crippen molar-refractivity contribution in [3.05, 3.63) is 29.8 Å². The topological polar surface area (TPSA) is 24.5 Å². The Morgan fingerprint density at radius 1 is 1.35 bits per heavy atom. The molecule has 1 atom stereocenters. The molecular weight excluding hydrogens is 248 g/mol. The van der Waals surface area contributed by atoms with Crippen LogP contribution in [0.3, 0.4) is 0 Å². The summed E-state index contributed by atoms with van der Waals surface area (Å²) in [6.07, 6.45) is 2.84. The molecule has 0 spiro atoms. The first-order chi connectivity index (χ1) is 9.76. The lowest BCUT2D eigenvalue weighted by Crippen LogP contribution is -2.36. The summed E-state index contributed by atoms with van der Waals surface area (Å²) in [6.45, 7) is 8.88. The van der Waals surface area contributed by atoms with Gasteiger partial charge in [0.1, 0.15) is 5.75 Å². The first kappa shape index (κ1) is 15.3. The van der Waals surface area contributed by atoms with Crippen molar-refractivity contribution >= 4 is 0 Å². The second-order valence-electron chi connectivity index (χ2n) is 5.68. The molecule has 0 bridgehead atoms. The van der Waals surface area contributed by atoms with Crippen molar-refractivity contribution in [2.24, 2.45) is 5.92 Å². The van der Waals surface area contributed by atoms with Gasteiger partial charge in [0, 0.05) is 19.1 Å². The van der Waals surface area contributed by atoms with E-state index in [0.717, 1.165) is 31.3 Å². The maximum atomic E-state index is 5.35. The lowest BCUT2D eigenvalue weighted by atomic mass is 10.1. The van der Waals surface area contributed by atoms with Crippen LogP contribution in [-0.4, -0.2) is 38.2 Å². The van der Waals surface area contributed by atoms with Crippen LogP contribution in [0.5, 0.6) is 5.75 Å². The number of benzene rings is 1. The minimum absolute atomic E-state index is 0.383. The number of methoxy groups -OCH3 is 1. The van der Waals surface area contributed by atoms with Gasteiger partial charge in [-0.15, -0.1) is 0 Å². The molecule has 1 unspecified atom stereocenters. The van der Waals surface area contributed by atoms with E-state index in [1.54, 1.807) is 7.11 Å². The molecular formula is C17H28N2O. The molecule has 3 heteroatoms. The van der Waals surface area contributed by atoms with Gasteiger partial charge in [0.05, 0.1) is 7.11 Å². The fraction of sp³-hybridized carbons (Fsp3) is 0.647. The van der Waals surface area contributed by atoms with E-state index in [-0.39, 0.29) is 0 Å². The number of hydrogen-bond acceptors (Lipinski definition) is 3. The zero-order chi connectivity index (χ0) is 14.4. The maximum absolute atomic E-state index is 5.35. The van der Waals surface area contributed by atoms with E-state index in [4.69, 9.17) is 4.74 Å². The third-order valence-electron chi connectivity index (χ3n) is 4.05. The molecule has 1 aromatic rings. The van der Waals surface area contributed by atoms with Gasteiger partial charge in [0.25, 0.3) is 0 Å². The van der Waals surface area contributed by atoms with Gasteiger partial charge in [-0.1, -0.05) is 26.0 Å². The Bertz CT molecular complexity index is 404. The van der Waals surface area contributed by atoms with Gasteiger partial charge in [0.15, 0.2) is 0 Å². The Balaban J connectivity index is 2.03. The summed E-state index contributed by atoms with van der Waals surface area (Å²) in [6, 6.07) is 8.82. The van der Waals surface area contributed by atoms with Crippen LogP contribution < -0.4 is 10.1 Å². The summed E-state index contributed by atoms with van der Waals surface area (Å²) in [5.74, 6) is 1.89. The first-order valence-electron chi connectivity index (χ1n) is 7.86. The molecule has 1 aliphatic rings. The van der Waals surface area contributed by atoms with Crippen molar-refractivity contribution in [1.82, 2.24) is 10.2 Å². The number of hydrogen-bond donors (Lipinski definition) is 1. The highest BCUT2D eigenvalue weighted by molar-refractivity contribution is 5.30. The molecule has 1 aliphatic carbocycles. The quantitative estimate of drug-likeness (QED) is 0.750. The fourth-order valence-electron chi connectivity index (χ4n) is 2.65. The van der Waals surface area contributed by atoms with Gasteiger partial charge in [-0.05, 0) is 49.5 Å². The zero-order valence-corrected chi connectivity index (χ0v) is 13.1. The van der Waals surface area contributed by atoms with E-state index < -0.39 is 0 Å². The van der Waals surface area contributed by atoms with Crippen LogP contribution in [0.1, 0.15) is 38.3 Å². The lowest BCUT2D eigenvalue weighted by Gasteiger charge is -2.27. The van der Waals surface area contributed by atoms with Crippen LogP contribution >= 0.6 is 0 Å². The molecule has 0 amide bonds. The number of rotatable bonds is 9. The molecule has 0 aliphatic heterocycles. The van der Waals surface area contributed by atoms with Gasteiger partial charge >= 0.3 is 0 Å². The highest BCUT2D eigenvalue weighted by atomic mass is 16.5. The number of nitrogens with zero attached hydrogens (tertiary/aromatic N) is 1. The van der Waals surface area contributed by atoms with E-state index in [2.05, 4.69) is 42.3 Å². The number of nitrogens with one attached hydrogen (secondary N) is 1. The van der Waals surface area contributed by atoms with E-state index in [0.29, 0.717) is 6.04 Å². The SMILES string of the molecule is CCNC(CN(CC)CC1CC1)c1cccc(OC)c1. The molecule has 0 radical (unpaired) electrons. The second kappa shape index (κ2) is 7.65. The van der Waals surface area contributed by atoms with E-state index in [9.17, 15) is 0 Å². The van der Waals surface area contributed by atoms with Crippen molar-refractivity contribution in [3.63, 3.8) is 0 Å². The highest BCUT2D eigenvalue weighted by Gasteiger charge is 2.25. The van der Waals surface area contributed by atoms with Gasteiger partial charge in [-0.3, -0.25) is 0 Å². The average Bonchev–Trinajstić information content (AvgIpc) is 3.30. The van der Waals surface area contributed by atoms with Crippen molar-refractivity contribution in [3.8, 4) is 5.75 Å². The Morgan fingerprint density at radius 2 is 2.15 bits per heavy atom. The molecule has 0 saturated heterocycles. The minimum Gasteiger partial charge on any atom is -0.497 e. The molecule has 20 heavy (non-hydrogen) atoms. The van der Waals surface area contributed by atoms with Gasteiger partial charge < -0.3 is 15.0 Å². The van der Waals surface area contributed by atoms with Crippen molar-refractivity contribution < 1.29 is 4.74 Å². The molecule has 0 heterocycles. The van der Waals surface area contributed by atoms with Crippen molar-refractivity contribution in [1.29, 1.82) is 0 Å². The largest absolute Gasteiger partial charge is 0.497 e. The third-order valence-corrected chi connectivity index (χ3v) is 4.05. The standard InChI is InChI=1S/C17H28N2O/c1-4-18-17(13-19(5-2)12-14-9-10-14)15-7-6-8-16(11-15)20-3/h6-8,11,14,17-18H,4-5,9-10,12-13H2,1-3H3. The van der Waals surface area contributed by atoms with E-state index in [1.807, 2.05) is 6.07 Å². The van der Waals surface area contributed by atoms with Crippen LogP contribution in [0.25, 0.3) is 0 Å². The molecule has 2 rings (SSSR count). The summed E-state index contributed by atoms with van der Waals surface area (Å²) >= 11 is 0. The van der Waals surface area contributed by atoms with Gasteiger partial charge in [0.2, 0.25) is 0 Å². The lowest BCUT2D eigenvalue weighted by molar-refractivity contribution is 0.245. The van der Waals surface area contributed by atoms with Crippen molar-refractivity contribution in [2.45, 2.75) is 32.7 Å². The predicted octanol–water partition coefficient (Wildman–Crippen LogP) is 3.08. The smallest absolute Gasteiger partial charge is 0.119 e. The van der Waals surface area contributed by atoms with Gasteiger partial charge in [-0.2, -0.15) is 0 Å². The first-order valence-corrected chi connectivity index (χ1v) is 7.86. The summed E-state index contributed by atoms with van der Waals surface area (Å²) in [4.78, 5) is 2.57. The Hall–Kier alpha value is -1.06. The predicted molar refractivity (Wildman–Crippen MR) is 84.2 cm³/mol. The zero-order valence-electron chi connectivity index (χ0n) is 13.1. The van der Waals surface area contributed by atoms with E-state index >= 15 is 0 Å². The minimum atomic E-state index is 0.383. The van der Waals surface area contributed by atoms with Gasteiger partial charge in [-0.25, -0.2) is 0 Å². The van der Waals surface area contributed by atoms with E-state index in [1.165, 1.54) is 24.9 Å². The fourth-order valence-corrected chi connectivity index (χ4v) is 2.65. The molecule has 3 nitrogen and oxygen atoms in total. The van der Waals surface area contributed by atoms with Crippen LogP contribution in [0.15, 0.2) is 24.3 Å².